The van der Waals surface area contributed by atoms with Crippen LogP contribution >= 0.6 is 0 Å². The largest absolute Gasteiger partial charge is 0.184 e. The summed E-state index contributed by atoms with van der Waals surface area (Å²) in [4.78, 5) is 0. The zero-order valence-corrected chi connectivity index (χ0v) is 15.1. The Morgan fingerprint density at radius 1 is 0.737 bits per heavy atom. The van der Waals surface area contributed by atoms with E-state index in [0.29, 0.717) is 0 Å². The van der Waals surface area contributed by atoms with Gasteiger partial charge in [-0.25, -0.2) is 0 Å². The summed E-state index contributed by atoms with van der Waals surface area (Å²) in [6.45, 7) is 6.52. The molecule has 0 aliphatic carbocycles. The van der Waals surface area contributed by atoms with E-state index in [2.05, 4.69) is 57.2 Å². The Hall–Kier alpha value is -0.456. The van der Waals surface area contributed by atoms with Gasteiger partial charge in [-0.1, -0.05) is 40.0 Å². The molecule has 0 aliphatic heterocycles. The van der Waals surface area contributed by atoms with Crippen molar-refractivity contribution >= 4 is 0 Å². The van der Waals surface area contributed by atoms with E-state index >= 15 is 0 Å². The maximum absolute atomic E-state index is 3.09. The van der Waals surface area contributed by atoms with Crippen LogP contribution in [0.1, 0.15) is 37.5 Å². The van der Waals surface area contributed by atoms with Crippen molar-refractivity contribution in [1.29, 1.82) is 0 Å². The van der Waals surface area contributed by atoms with Gasteiger partial charge in [0.05, 0.1) is 0 Å². The van der Waals surface area contributed by atoms with Crippen molar-refractivity contribution in [3.63, 3.8) is 0 Å². The van der Waals surface area contributed by atoms with E-state index in [1.165, 1.54) is 16.7 Å². The van der Waals surface area contributed by atoms with Crippen LogP contribution in [0.25, 0.3) is 0 Å². The molecule has 0 nitrogen and oxygen atoms in total. The summed E-state index contributed by atoms with van der Waals surface area (Å²) in [6.07, 6.45) is 3.38. The minimum atomic E-state index is 0. The third-order valence-corrected chi connectivity index (χ3v) is 3.01. The second kappa shape index (κ2) is 11.4. The molecule has 2 aromatic rings. The van der Waals surface area contributed by atoms with Crippen molar-refractivity contribution in [1.82, 2.24) is 0 Å². The molecule has 0 atom stereocenters. The molecule has 0 unspecified atom stereocenters. The van der Waals surface area contributed by atoms with Crippen LogP contribution in [-0.4, -0.2) is 0 Å². The van der Waals surface area contributed by atoms with Gasteiger partial charge in [0.15, 0.2) is 0 Å². The van der Waals surface area contributed by atoms with Gasteiger partial charge in [-0.15, -0.1) is 0 Å². The first-order valence-corrected chi connectivity index (χ1v) is 6.74. The molecule has 1 radical (unpaired) electrons. The van der Waals surface area contributed by atoms with Crippen LogP contribution in [0.5, 0.6) is 0 Å². The molecule has 0 saturated carbocycles. The third-order valence-electron chi connectivity index (χ3n) is 3.01. The molecule has 0 saturated heterocycles. The van der Waals surface area contributed by atoms with Gasteiger partial charge in [-0.2, -0.15) is 71.3 Å². The molecule has 2 aromatic carbocycles. The Morgan fingerprint density at radius 3 is 1.74 bits per heavy atom. The smallest absolute Gasteiger partial charge is 0 e. The van der Waals surface area contributed by atoms with Crippen LogP contribution in [0.4, 0.5) is 0 Å². The van der Waals surface area contributed by atoms with Gasteiger partial charge in [0.25, 0.3) is 0 Å². The second-order valence-electron chi connectivity index (χ2n) is 4.16. The van der Waals surface area contributed by atoms with E-state index < -0.39 is 0 Å². The van der Waals surface area contributed by atoms with Crippen LogP contribution < -0.4 is 0 Å². The molecule has 19 heavy (non-hydrogen) atoms. The minimum Gasteiger partial charge on any atom is -0.184 e. The van der Waals surface area contributed by atoms with E-state index in [1.54, 1.807) is 0 Å². The fourth-order valence-electron chi connectivity index (χ4n) is 1.83. The van der Waals surface area contributed by atoms with E-state index in [-0.39, 0.29) is 32.7 Å². The van der Waals surface area contributed by atoms with Gasteiger partial charge in [0.1, 0.15) is 0 Å². The van der Waals surface area contributed by atoms with Crippen LogP contribution in [0.3, 0.4) is 0 Å². The van der Waals surface area contributed by atoms with Gasteiger partial charge in [-0.3, -0.25) is 0 Å². The summed E-state index contributed by atoms with van der Waals surface area (Å²) in [5.41, 5.74) is 4.27. The van der Waals surface area contributed by atoms with E-state index in [1.807, 2.05) is 18.2 Å². The average molecular weight is 327 g/mol. The maximum Gasteiger partial charge on any atom is 0 e. The Morgan fingerprint density at radius 2 is 1.32 bits per heavy atom. The topological polar surface area (TPSA) is 0 Å². The maximum atomic E-state index is 3.09. The molecule has 0 spiro atoms. The molecule has 0 N–H and O–H groups in total. The first-order valence-electron chi connectivity index (χ1n) is 6.74. The van der Waals surface area contributed by atoms with Gasteiger partial charge in [-0.05, 0) is 0 Å². The Labute approximate surface area is 143 Å². The fourth-order valence-corrected chi connectivity index (χ4v) is 1.83. The molecule has 0 aliphatic rings. The number of aryl methyl sites for hydroxylation is 3. The summed E-state index contributed by atoms with van der Waals surface area (Å²) in [7, 11) is 0. The average Bonchev–Trinajstić information content (AvgIpc) is 2.48. The van der Waals surface area contributed by atoms with Crippen molar-refractivity contribution in [2.75, 3.05) is 0 Å². The summed E-state index contributed by atoms with van der Waals surface area (Å²) >= 11 is 0. The van der Waals surface area contributed by atoms with Crippen molar-refractivity contribution in [2.24, 2.45) is 0 Å². The van der Waals surface area contributed by atoms with Gasteiger partial charge >= 0.3 is 0 Å². The van der Waals surface area contributed by atoms with Gasteiger partial charge in [0.2, 0.25) is 0 Å². The second-order valence-corrected chi connectivity index (χ2v) is 4.16. The molecule has 1 heteroatoms. The predicted molar refractivity (Wildman–Crippen MR) is 78.7 cm³/mol. The zero-order valence-electron chi connectivity index (χ0n) is 12.2. The molecule has 99 valence electrons. The summed E-state index contributed by atoms with van der Waals surface area (Å²) in [6, 6.07) is 20.3. The van der Waals surface area contributed by atoms with E-state index in [9.17, 15) is 0 Å². The molecule has 0 fully saturated rings. The third kappa shape index (κ3) is 7.04. The standard InChI is InChI=1S/C10H13.C8H9.Y/c1-3-9-7-5-6-8-10(9)4-2;1-2-8-6-4-3-5-7-8;/h5,7-8H,3-4H2,1-2H3;4-7H,2H2,1H3;/q2*-1;. The van der Waals surface area contributed by atoms with Crippen molar-refractivity contribution in [3.8, 4) is 0 Å². The van der Waals surface area contributed by atoms with E-state index in [4.69, 9.17) is 0 Å². The summed E-state index contributed by atoms with van der Waals surface area (Å²) in [5, 5.41) is 0. The van der Waals surface area contributed by atoms with Crippen LogP contribution in [0, 0.1) is 12.1 Å². The molecule has 0 aromatic heterocycles. The first-order chi connectivity index (χ1) is 8.81. The quantitative estimate of drug-likeness (QED) is 0.720. The monoisotopic (exact) mass is 327 g/mol. The number of rotatable bonds is 3. The molecular weight excluding hydrogens is 305 g/mol. The molecule has 0 bridgehead atoms. The van der Waals surface area contributed by atoms with Crippen molar-refractivity contribution < 1.29 is 32.7 Å². The molecule has 2 rings (SSSR count). The number of hydrogen-bond acceptors (Lipinski definition) is 0. The predicted octanol–water partition coefficient (Wildman–Crippen LogP) is 4.66. The van der Waals surface area contributed by atoms with Gasteiger partial charge < -0.3 is 0 Å². The summed E-state index contributed by atoms with van der Waals surface area (Å²) < 4.78 is 0. The normalized spacial score (nSPS) is 9.00. The minimum absolute atomic E-state index is 0. The van der Waals surface area contributed by atoms with Crippen LogP contribution in [0.15, 0.2) is 42.5 Å². The molecule has 0 heterocycles. The van der Waals surface area contributed by atoms with Crippen molar-refractivity contribution in [3.05, 3.63) is 71.3 Å². The fraction of sp³-hybridized carbons (Fsp3) is 0.333. The van der Waals surface area contributed by atoms with Crippen LogP contribution in [-0.2, 0) is 52.0 Å². The Kier molecular flexibility index (Phi) is 11.1. The Bertz CT molecular complexity index is 411. The molecule has 0 amide bonds. The SMILES string of the molecule is CCc1c[c-]ccc1CC.CCc1cc[c-]cc1.[Y]. The van der Waals surface area contributed by atoms with Gasteiger partial charge in [0, 0.05) is 32.7 Å². The van der Waals surface area contributed by atoms with Crippen LogP contribution in [0.2, 0.25) is 0 Å². The molecular formula is C18H22Y-2. The first kappa shape index (κ1) is 18.5. The summed E-state index contributed by atoms with van der Waals surface area (Å²) in [5.74, 6) is 0. The number of hydrogen-bond donors (Lipinski definition) is 0. The zero-order chi connectivity index (χ0) is 13.2. The van der Waals surface area contributed by atoms with Crippen molar-refractivity contribution in [2.45, 2.75) is 40.0 Å². The van der Waals surface area contributed by atoms with E-state index in [0.717, 1.165) is 19.3 Å². The number of benzene rings is 2. The Balaban J connectivity index is 0.000000331.